The summed E-state index contributed by atoms with van der Waals surface area (Å²) in [6.07, 6.45) is 7.40. The molecule has 0 N–H and O–H groups in total. The predicted molar refractivity (Wildman–Crippen MR) is 104 cm³/mol. The number of hydrogen-bond donors (Lipinski definition) is 0. The van der Waals surface area contributed by atoms with Crippen molar-refractivity contribution in [1.29, 1.82) is 0 Å². The fraction of sp³-hybridized carbons (Fsp3) is 0.455. The van der Waals surface area contributed by atoms with Crippen molar-refractivity contribution in [2.24, 2.45) is 5.92 Å². The number of likely N-dealkylation sites (tertiary alicyclic amines) is 1. The van der Waals surface area contributed by atoms with Gasteiger partial charge < -0.3 is 4.90 Å². The number of rotatable bonds is 4. The topological polar surface area (TPSA) is 33.2 Å². The fourth-order valence-electron chi connectivity index (χ4n) is 4.34. The lowest BCUT2D eigenvalue weighted by Gasteiger charge is -2.27. The summed E-state index contributed by atoms with van der Waals surface area (Å²) >= 11 is 5.97. The van der Waals surface area contributed by atoms with Gasteiger partial charge in [-0.3, -0.25) is 9.78 Å². The van der Waals surface area contributed by atoms with Crippen LogP contribution < -0.4 is 0 Å². The summed E-state index contributed by atoms with van der Waals surface area (Å²) < 4.78 is 0. The molecular formula is C22H25ClN2O. The lowest BCUT2D eigenvalue weighted by atomic mass is 10.0. The molecule has 2 fully saturated rings. The van der Waals surface area contributed by atoms with Crippen LogP contribution in [0, 0.1) is 5.92 Å². The van der Waals surface area contributed by atoms with Gasteiger partial charge in [0.25, 0.3) is 0 Å². The number of carbonyl (C=O) groups excluding carboxylic acids is 1. The van der Waals surface area contributed by atoms with Gasteiger partial charge in [0, 0.05) is 29.6 Å². The molecule has 1 amide bonds. The summed E-state index contributed by atoms with van der Waals surface area (Å²) in [6.45, 7) is 0.878. The number of amides is 1. The summed E-state index contributed by atoms with van der Waals surface area (Å²) in [5, 5.41) is 0.752. The molecule has 0 bridgehead atoms. The van der Waals surface area contributed by atoms with Gasteiger partial charge in [-0.2, -0.15) is 0 Å². The van der Waals surface area contributed by atoms with Crippen LogP contribution in [0.15, 0.2) is 42.5 Å². The van der Waals surface area contributed by atoms with E-state index in [1.54, 1.807) is 0 Å². The zero-order chi connectivity index (χ0) is 17.9. The molecule has 2 aliphatic rings. The second-order valence-electron chi connectivity index (χ2n) is 7.53. The molecule has 0 unspecified atom stereocenters. The predicted octanol–water partition coefficient (Wildman–Crippen LogP) is 5.18. The van der Waals surface area contributed by atoms with E-state index in [1.165, 1.54) is 18.4 Å². The van der Waals surface area contributed by atoms with Gasteiger partial charge in [-0.25, -0.2) is 0 Å². The van der Waals surface area contributed by atoms with Crippen molar-refractivity contribution in [2.45, 2.75) is 51.0 Å². The van der Waals surface area contributed by atoms with E-state index >= 15 is 0 Å². The Morgan fingerprint density at radius 2 is 1.81 bits per heavy atom. The number of aromatic nitrogens is 1. The van der Waals surface area contributed by atoms with Gasteiger partial charge in [0.05, 0.1) is 11.7 Å². The Hall–Kier alpha value is -1.87. The molecule has 1 saturated carbocycles. The van der Waals surface area contributed by atoms with Gasteiger partial charge in [0.1, 0.15) is 0 Å². The highest BCUT2D eigenvalue weighted by Gasteiger charge is 2.35. The van der Waals surface area contributed by atoms with Crippen LogP contribution in [0.4, 0.5) is 0 Å². The van der Waals surface area contributed by atoms with E-state index in [9.17, 15) is 4.79 Å². The minimum Gasteiger partial charge on any atom is -0.334 e. The van der Waals surface area contributed by atoms with Gasteiger partial charge in [0.15, 0.2) is 0 Å². The van der Waals surface area contributed by atoms with Crippen molar-refractivity contribution in [3.63, 3.8) is 0 Å². The Kier molecular flexibility index (Phi) is 5.26. The monoisotopic (exact) mass is 368 g/mol. The van der Waals surface area contributed by atoms with E-state index in [4.69, 9.17) is 16.6 Å². The maximum atomic E-state index is 12.9. The normalized spacial score (nSPS) is 20.7. The Balaban J connectivity index is 1.51. The van der Waals surface area contributed by atoms with Crippen molar-refractivity contribution in [1.82, 2.24) is 9.88 Å². The lowest BCUT2D eigenvalue weighted by molar-refractivity contribution is -0.136. The Bertz CT molecular complexity index is 768. The van der Waals surface area contributed by atoms with Crippen LogP contribution in [0.1, 0.15) is 61.5 Å². The molecule has 1 aliphatic carbocycles. The second-order valence-corrected chi connectivity index (χ2v) is 7.96. The summed E-state index contributed by atoms with van der Waals surface area (Å²) in [6, 6.07) is 14.3. The average Bonchev–Trinajstić information content (AvgIpc) is 3.35. The molecule has 1 saturated heterocycles. The molecule has 1 atom stereocenters. The first-order valence-electron chi connectivity index (χ1n) is 9.71. The van der Waals surface area contributed by atoms with Gasteiger partial charge in [-0.1, -0.05) is 42.6 Å². The van der Waals surface area contributed by atoms with Crippen molar-refractivity contribution in [3.8, 4) is 0 Å². The van der Waals surface area contributed by atoms with Crippen molar-refractivity contribution >= 4 is 17.5 Å². The highest BCUT2D eigenvalue weighted by atomic mass is 35.5. The van der Waals surface area contributed by atoms with E-state index in [1.807, 2.05) is 24.3 Å². The quantitative estimate of drug-likeness (QED) is 0.744. The number of halogens is 1. The summed E-state index contributed by atoms with van der Waals surface area (Å²) in [5.74, 6) is 0.600. The summed E-state index contributed by atoms with van der Waals surface area (Å²) in [7, 11) is 0. The number of pyridine rings is 1. The van der Waals surface area contributed by atoms with E-state index in [0.717, 1.165) is 55.1 Å². The minimum atomic E-state index is 0.147. The van der Waals surface area contributed by atoms with E-state index in [2.05, 4.69) is 23.1 Å². The molecule has 26 heavy (non-hydrogen) atoms. The van der Waals surface area contributed by atoms with Crippen molar-refractivity contribution < 1.29 is 4.79 Å². The third-order valence-electron chi connectivity index (χ3n) is 5.71. The molecule has 1 aromatic carbocycles. The number of carbonyl (C=O) groups is 1. The Morgan fingerprint density at radius 1 is 1.04 bits per heavy atom. The molecule has 1 aromatic heterocycles. The molecule has 1 aliphatic heterocycles. The lowest BCUT2D eigenvalue weighted by Crippen LogP contribution is -2.35. The number of benzene rings is 1. The maximum Gasteiger partial charge on any atom is 0.226 e. The number of hydrogen-bond acceptors (Lipinski definition) is 2. The fourth-order valence-corrected chi connectivity index (χ4v) is 4.46. The molecule has 0 spiro atoms. The second kappa shape index (κ2) is 7.79. The van der Waals surface area contributed by atoms with Crippen LogP contribution in [0.25, 0.3) is 0 Å². The van der Waals surface area contributed by atoms with Crippen LogP contribution >= 0.6 is 11.6 Å². The molecule has 4 heteroatoms. The smallest absolute Gasteiger partial charge is 0.226 e. The first-order valence-corrected chi connectivity index (χ1v) is 10.1. The largest absolute Gasteiger partial charge is 0.334 e. The Labute approximate surface area is 160 Å². The molecule has 4 rings (SSSR count). The number of nitrogens with zero attached hydrogens (tertiary/aromatic N) is 2. The molecule has 3 nitrogen and oxygen atoms in total. The third-order valence-corrected chi connectivity index (χ3v) is 5.96. The summed E-state index contributed by atoms with van der Waals surface area (Å²) in [5.41, 5.74) is 3.29. The molecule has 136 valence electrons. The SMILES string of the molecule is O=C(C1CCCC1)N1CCC[C@H]1c1cccc(Cc2ccc(Cl)cc2)n1. The van der Waals surface area contributed by atoms with Crippen molar-refractivity contribution in [3.05, 3.63) is 64.4 Å². The zero-order valence-electron chi connectivity index (χ0n) is 15.0. The van der Waals surface area contributed by atoms with Crippen LogP contribution in [0.5, 0.6) is 0 Å². The zero-order valence-corrected chi connectivity index (χ0v) is 15.8. The first kappa shape index (κ1) is 17.5. The van der Waals surface area contributed by atoms with Gasteiger partial charge in [0.2, 0.25) is 5.91 Å². The summed E-state index contributed by atoms with van der Waals surface area (Å²) in [4.78, 5) is 19.9. The van der Waals surface area contributed by atoms with E-state index in [-0.39, 0.29) is 12.0 Å². The molecule has 2 heterocycles. The molecular weight excluding hydrogens is 344 g/mol. The van der Waals surface area contributed by atoms with Crippen LogP contribution in [0.3, 0.4) is 0 Å². The molecule has 0 radical (unpaired) electrons. The Morgan fingerprint density at radius 3 is 2.58 bits per heavy atom. The third kappa shape index (κ3) is 3.78. The van der Waals surface area contributed by atoms with Crippen LogP contribution in [-0.4, -0.2) is 22.3 Å². The average molecular weight is 369 g/mol. The standard InChI is InChI=1S/C22H25ClN2O/c23-18-12-10-16(11-13-18)15-19-7-3-8-20(24-19)21-9-4-14-25(21)22(26)17-5-1-2-6-17/h3,7-8,10-13,17,21H,1-2,4-6,9,14-15H2/t21-/m0/s1. The van der Waals surface area contributed by atoms with Crippen molar-refractivity contribution in [2.75, 3.05) is 6.54 Å². The van der Waals surface area contributed by atoms with Gasteiger partial charge >= 0.3 is 0 Å². The highest BCUT2D eigenvalue weighted by Crippen LogP contribution is 2.35. The maximum absolute atomic E-state index is 12.9. The van der Waals surface area contributed by atoms with E-state index < -0.39 is 0 Å². The minimum absolute atomic E-state index is 0.147. The van der Waals surface area contributed by atoms with Gasteiger partial charge in [-0.05, 0) is 55.5 Å². The highest BCUT2D eigenvalue weighted by molar-refractivity contribution is 6.30. The van der Waals surface area contributed by atoms with Crippen LogP contribution in [-0.2, 0) is 11.2 Å². The van der Waals surface area contributed by atoms with Gasteiger partial charge in [-0.15, -0.1) is 0 Å². The van der Waals surface area contributed by atoms with E-state index in [0.29, 0.717) is 5.91 Å². The van der Waals surface area contributed by atoms with Crippen LogP contribution in [0.2, 0.25) is 5.02 Å². The molecule has 2 aromatic rings. The first-order chi connectivity index (χ1) is 12.7.